The zero-order valence-electron chi connectivity index (χ0n) is 13.4. The van der Waals surface area contributed by atoms with E-state index in [1.807, 2.05) is 12.1 Å². The van der Waals surface area contributed by atoms with E-state index in [0.717, 1.165) is 13.0 Å². The second kappa shape index (κ2) is 9.00. The molecule has 0 unspecified atom stereocenters. The van der Waals surface area contributed by atoms with Gasteiger partial charge in [0.1, 0.15) is 0 Å². The molecule has 0 aliphatic carbocycles. The molecule has 1 aromatic carbocycles. The highest BCUT2D eigenvalue weighted by Gasteiger charge is 2.05. The quantitative estimate of drug-likeness (QED) is 0.617. The first kappa shape index (κ1) is 17.0. The van der Waals surface area contributed by atoms with Gasteiger partial charge < -0.3 is 15.5 Å². The summed E-state index contributed by atoms with van der Waals surface area (Å²) < 4.78 is 0. The van der Waals surface area contributed by atoms with Crippen LogP contribution in [0.25, 0.3) is 0 Å². The Labute approximate surface area is 127 Å². The maximum absolute atomic E-state index is 11.6. The molecule has 1 rings (SSSR count). The minimum Gasteiger partial charge on any atom is -0.356 e. The van der Waals surface area contributed by atoms with Gasteiger partial charge in [0.05, 0.1) is 13.1 Å². The number of nitrogens with zero attached hydrogens (tertiary/aromatic N) is 2. The fourth-order valence-electron chi connectivity index (χ4n) is 1.69. The van der Waals surface area contributed by atoms with Gasteiger partial charge in [-0.1, -0.05) is 31.2 Å². The van der Waals surface area contributed by atoms with Crippen molar-refractivity contribution in [3.05, 3.63) is 35.4 Å². The van der Waals surface area contributed by atoms with Crippen molar-refractivity contribution >= 4 is 11.9 Å². The summed E-state index contributed by atoms with van der Waals surface area (Å²) >= 11 is 0. The van der Waals surface area contributed by atoms with Crippen molar-refractivity contribution in [2.24, 2.45) is 4.99 Å². The normalized spacial score (nSPS) is 11.1. The lowest BCUT2D eigenvalue weighted by Gasteiger charge is -2.14. The number of hydrogen-bond donors (Lipinski definition) is 2. The minimum absolute atomic E-state index is 0.0249. The van der Waals surface area contributed by atoms with Gasteiger partial charge in [0.25, 0.3) is 0 Å². The van der Waals surface area contributed by atoms with E-state index in [0.29, 0.717) is 12.5 Å². The van der Waals surface area contributed by atoms with Crippen molar-refractivity contribution in [1.29, 1.82) is 0 Å². The summed E-state index contributed by atoms with van der Waals surface area (Å²) in [6.45, 7) is 5.85. The van der Waals surface area contributed by atoms with Crippen LogP contribution in [0, 0.1) is 6.92 Å². The Bertz CT molecular complexity index is 483. The number of carbonyl (C=O) groups excluding carboxylic acids is 1. The van der Waals surface area contributed by atoms with Gasteiger partial charge in [-0.3, -0.25) is 4.79 Å². The second-order valence-electron chi connectivity index (χ2n) is 5.16. The van der Waals surface area contributed by atoms with Gasteiger partial charge in [-0.05, 0) is 24.5 Å². The molecule has 5 nitrogen and oxygen atoms in total. The third kappa shape index (κ3) is 6.29. The van der Waals surface area contributed by atoms with E-state index in [-0.39, 0.29) is 12.5 Å². The summed E-state index contributed by atoms with van der Waals surface area (Å²) in [7, 11) is 3.49. The monoisotopic (exact) mass is 290 g/mol. The number of benzene rings is 1. The minimum atomic E-state index is 0.0249. The zero-order valence-corrected chi connectivity index (χ0v) is 13.4. The Hall–Kier alpha value is -2.04. The number of amides is 1. The van der Waals surface area contributed by atoms with Gasteiger partial charge in [0, 0.05) is 20.6 Å². The van der Waals surface area contributed by atoms with E-state index >= 15 is 0 Å². The third-order valence-corrected chi connectivity index (χ3v) is 3.12. The van der Waals surface area contributed by atoms with Crippen LogP contribution in [0.15, 0.2) is 29.3 Å². The van der Waals surface area contributed by atoms with Crippen LogP contribution in [-0.4, -0.2) is 44.0 Å². The van der Waals surface area contributed by atoms with E-state index in [4.69, 9.17) is 0 Å². The van der Waals surface area contributed by atoms with E-state index in [1.165, 1.54) is 11.1 Å². The van der Waals surface area contributed by atoms with E-state index in [1.54, 1.807) is 19.0 Å². The molecule has 0 bridgehead atoms. The lowest BCUT2D eigenvalue weighted by molar-refractivity contribution is -0.127. The number of aliphatic imine (C=N–C) groups is 1. The Morgan fingerprint density at radius 2 is 1.95 bits per heavy atom. The summed E-state index contributed by atoms with van der Waals surface area (Å²) in [5.74, 6) is 0.701. The molecule has 0 saturated carbocycles. The number of nitrogens with one attached hydrogen (secondary N) is 2. The van der Waals surface area contributed by atoms with Crippen LogP contribution < -0.4 is 10.6 Å². The van der Waals surface area contributed by atoms with Crippen molar-refractivity contribution in [2.75, 3.05) is 27.2 Å². The summed E-state index contributed by atoms with van der Waals surface area (Å²) in [6.07, 6.45) is 1.01. The number of carbonyl (C=O) groups is 1. The molecule has 0 spiro atoms. The van der Waals surface area contributed by atoms with Crippen molar-refractivity contribution in [2.45, 2.75) is 26.8 Å². The molecule has 1 aromatic rings. The number of likely N-dealkylation sites (N-methyl/N-ethyl adjacent to an activating group) is 1. The largest absolute Gasteiger partial charge is 0.356 e. The number of rotatable bonds is 6. The molecule has 116 valence electrons. The molecule has 0 aliphatic rings. The van der Waals surface area contributed by atoms with E-state index in [9.17, 15) is 4.79 Å². The first-order valence-electron chi connectivity index (χ1n) is 7.31. The highest BCUT2D eigenvalue weighted by atomic mass is 16.2. The molecule has 0 radical (unpaired) electrons. The van der Waals surface area contributed by atoms with Gasteiger partial charge in [-0.2, -0.15) is 0 Å². The molecule has 0 atom stereocenters. The van der Waals surface area contributed by atoms with Gasteiger partial charge in [0.15, 0.2) is 5.96 Å². The fraction of sp³-hybridized carbons (Fsp3) is 0.500. The predicted octanol–water partition coefficient (Wildman–Crippen LogP) is 1.53. The van der Waals surface area contributed by atoms with Crippen LogP contribution in [0.4, 0.5) is 0 Å². The molecular weight excluding hydrogens is 264 g/mol. The Kier molecular flexibility index (Phi) is 7.29. The zero-order chi connectivity index (χ0) is 15.7. The molecular formula is C16H26N4O. The highest BCUT2D eigenvalue weighted by Crippen LogP contribution is 2.07. The molecule has 2 N–H and O–H groups in total. The van der Waals surface area contributed by atoms with E-state index in [2.05, 4.69) is 41.6 Å². The molecule has 0 aliphatic heterocycles. The summed E-state index contributed by atoms with van der Waals surface area (Å²) in [4.78, 5) is 17.7. The third-order valence-electron chi connectivity index (χ3n) is 3.12. The number of hydrogen-bond acceptors (Lipinski definition) is 2. The molecule has 0 aromatic heterocycles. The smallest absolute Gasteiger partial charge is 0.241 e. The molecule has 0 saturated heterocycles. The average molecular weight is 290 g/mol. The molecule has 0 heterocycles. The van der Waals surface area contributed by atoms with Crippen LogP contribution in [0.3, 0.4) is 0 Å². The summed E-state index contributed by atoms with van der Waals surface area (Å²) in [5, 5.41) is 6.29. The maximum Gasteiger partial charge on any atom is 0.241 e. The Morgan fingerprint density at radius 1 is 1.24 bits per heavy atom. The standard InChI is InChI=1S/C16H26N4O/c1-5-10-17-16(19-12-15(21)20(3)4)18-11-14-9-7-6-8-13(14)2/h6-9H,5,10-12H2,1-4H3,(H2,17,18,19). The topological polar surface area (TPSA) is 56.7 Å². The molecule has 1 amide bonds. The molecule has 0 fully saturated rings. The van der Waals surface area contributed by atoms with Crippen molar-refractivity contribution < 1.29 is 4.79 Å². The summed E-state index contributed by atoms with van der Waals surface area (Å²) in [5.41, 5.74) is 2.41. The Morgan fingerprint density at radius 3 is 2.57 bits per heavy atom. The first-order valence-corrected chi connectivity index (χ1v) is 7.31. The van der Waals surface area contributed by atoms with Crippen LogP contribution in [0.2, 0.25) is 0 Å². The van der Waals surface area contributed by atoms with Gasteiger partial charge in [-0.25, -0.2) is 4.99 Å². The number of guanidine groups is 1. The molecule has 5 heteroatoms. The second-order valence-corrected chi connectivity index (χ2v) is 5.16. The van der Waals surface area contributed by atoms with Crippen molar-refractivity contribution in [3.63, 3.8) is 0 Å². The van der Waals surface area contributed by atoms with Crippen molar-refractivity contribution in [1.82, 2.24) is 15.5 Å². The van der Waals surface area contributed by atoms with E-state index < -0.39 is 0 Å². The summed E-state index contributed by atoms with van der Waals surface area (Å²) in [6, 6.07) is 8.18. The van der Waals surface area contributed by atoms with Crippen molar-refractivity contribution in [3.8, 4) is 0 Å². The maximum atomic E-state index is 11.6. The van der Waals surface area contributed by atoms with Crippen LogP contribution in [-0.2, 0) is 11.3 Å². The highest BCUT2D eigenvalue weighted by molar-refractivity contribution is 5.86. The van der Waals surface area contributed by atoms with Crippen LogP contribution >= 0.6 is 0 Å². The van der Waals surface area contributed by atoms with Gasteiger partial charge in [-0.15, -0.1) is 0 Å². The van der Waals surface area contributed by atoms with Crippen LogP contribution in [0.1, 0.15) is 24.5 Å². The first-order chi connectivity index (χ1) is 10.0. The lowest BCUT2D eigenvalue weighted by atomic mass is 10.1. The number of aryl methyl sites for hydroxylation is 1. The fourth-order valence-corrected chi connectivity index (χ4v) is 1.69. The lowest BCUT2D eigenvalue weighted by Crippen LogP contribution is -2.43. The average Bonchev–Trinajstić information content (AvgIpc) is 2.47. The van der Waals surface area contributed by atoms with Gasteiger partial charge in [0.2, 0.25) is 5.91 Å². The Balaban J connectivity index is 2.65. The van der Waals surface area contributed by atoms with Gasteiger partial charge >= 0.3 is 0 Å². The predicted molar refractivity (Wildman–Crippen MR) is 87.3 cm³/mol. The SMILES string of the molecule is CCCNC(=NCc1ccccc1C)NCC(=O)N(C)C. The molecule has 21 heavy (non-hydrogen) atoms. The van der Waals surface area contributed by atoms with Crippen LogP contribution in [0.5, 0.6) is 0 Å².